The maximum Gasteiger partial charge on any atom is 0.0233 e. The number of benzene rings is 1. The van der Waals surface area contributed by atoms with Crippen LogP contribution in [0.5, 0.6) is 0 Å². The van der Waals surface area contributed by atoms with Crippen LogP contribution in [-0.2, 0) is 6.54 Å². The molecule has 0 aromatic heterocycles. The van der Waals surface area contributed by atoms with Gasteiger partial charge in [-0.2, -0.15) is 0 Å². The number of hydrogen-bond donors (Lipinski definition) is 1. The topological polar surface area (TPSA) is 15.3 Å². The Hall–Kier alpha value is -0.570. The fraction of sp³-hybridized carbons (Fsp3) is 0.647. The highest BCUT2D eigenvalue weighted by Crippen LogP contribution is 2.27. The zero-order chi connectivity index (χ0) is 13.2. The minimum Gasteiger partial charge on any atom is -0.316 e. The highest BCUT2D eigenvalue weighted by atomic mass is 35.5. The van der Waals surface area contributed by atoms with Crippen molar-refractivity contribution in [3.8, 4) is 0 Å². The highest BCUT2D eigenvalue weighted by molar-refractivity contribution is 5.85. The number of nitrogens with zero attached hydrogens (tertiary/aromatic N) is 1. The summed E-state index contributed by atoms with van der Waals surface area (Å²) in [7, 11) is 0. The molecule has 112 valence electrons. The van der Waals surface area contributed by atoms with Gasteiger partial charge in [0.25, 0.3) is 0 Å². The lowest BCUT2D eigenvalue weighted by Gasteiger charge is -2.34. The minimum absolute atomic E-state index is 0. The third-order valence-electron chi connectivity index (χ3n) is 4.84. The Kier molecular flexibility index (Phi) is 5.48. The Labute approximate surface area is 129 Å². The molecule has 0 saturated carbocycles. The van der Waals surface area contributed by atoms with Crippen LogP contribution in [0.25, 0.3) is 0 Å². The summed E-state index contributed by atoms with van der Waals surface area (Å²) < 4.78 is 0. The average molecular weight is 295 g/mol. The molecule has 2 atom stereocenters. The number of hydrogen-bond acceptors (Lipinski definition) is 2. The molecule has 0 radical (unpaired) electrons. The van der Waals surface area contributed by atoms with Crippen LogP contribution in [-0.4, -0.2) is 31.1 Å². The zero-order valence-electron chi connectivity index (χ0n) is 12.6. The SMILES string of the molecule is CC(C)c1ccc(CN2CCC3CNCC3C2)cc1.Cl. The van der Waals surface area contributed by atoms with Crippen molar-refractivity contribution in [2.75, 3.05) is 26.2 Å². The molecule has 0 amide bonds. The van der Waals surface area contributed by atoms with Gasteiger partial charge in [-0.15, -0.1) is 12.4 Å². The molecule has 0 aliphatic carbocycles. The predicted octanol–water partition coefficient (Wildman–Crippen LogP) is 3.27. The van der Waals surface area contributed by atoms with Crippen molar-refractivity contribution < 1.29 is 0 Å². The number of nitrogens with one attached hydrogen (secondary N) is 1. The monoisotopic (exact) mass is 294 g/mol. The first kappa shape index (κ1) is 15.8. The van der Waals surface area contributed by atoms with Gasteiger partial charge in [0, 0.05) is 13.1 Å². The molecular formula is C17H27ClN2. The second-order valence-corrected chi connectivity index (χ2v) is 6.60. The molecule has 2 fully saturated rings. The quantitative estimate of drug-likeness (QED) is 0.920. The number of rotatable bonds is 3. The Morgan fingerprint density at radius 2 is 1.85 bits per heavy atom. The Morgan fingerprint density at radius 3 is 2.55 bits per heavy atom. The lowest BCUT2D eigenvalue weighted by molar-refractivity contribution is 0.142. The third-order valence-corrected chi connectivity index (χ3v) is 4.84. The molecule has 1 aromatic rings. The second-order valence-electron chi connectivity index (χ2n) is 6.60. The molecule has 2 heterocycles. The number of piperidine rings is 1. The fourth-order valence-corrected chi connectivity index (χ4v) is 3.52. The molecule has 3 rings (SSSR count). The smallest absolute Gasteiger partial charge is 0.0233 e. The van der Waals surface area contributed by atoms with Gasteiger partial charge in [0.1, 0.15) is 0 Å². The Balaban J connectivity index is 0.00000147. The summed E-state index contributed by atoms with van der Waals surface area (Å²) in [6, 6.07) is 9.22. The van der Waals surface area contributed by atoms with Crippen LogP contribution in [0.15, 0.2) is 24.3 Å². The first-order chi connectivity index (χ1) is 9.22. The van der Waals surface area contributed by atoms with E-state index in [1.54, 1.807) is 0 Å². The van der Waals surface area contributed by atoms with Crippen LogP contribution in [0.4, 0.5) is 0 Å². The second kappa shape index (κ2) is 6.93. The molecular weight excluding hydrogens is 268 g/mol. The van der Waals surface area contributed by atoms with Gasteiger partial charge >= 0.3 is 0 Å². The Bertz CT molecular complexity index is 416. The van der Waals surface area contributed by atoms with Crippen molar-refractivity contribution in [2.24, 2.45) is 11.8 Å². The molecule has 1 aromatic carbocycles. The first-order valence-corrected chi connectivity index (χ1v) is 7.74. The van der Waals surface area contributed by atoms with Gasteiger partial charge in [-0.05, 0) is 54.9 Å². The minimum atomic E-state index is 0. The number of halogens is 1. The summed E-state index contributed by atoms with van der Waals surface area (Å²) in [6.07, 6.45) is 1.38. The fourth-order valence-electron chi connectivity index (χ4n) is 3.52. The van der Waals surface area contributed by atoms with Crippen LogP contribution in [0.1, 0.15) is 37.3 Å². The van der Waals surface area contributed by atoms with Gasteiger partial charge < -0.3 is 5.32 Å². The maximum absolute atomic E-state index is 3.54. The molecule has 2 unspecified atom stereocenters. The average Bonchev–Trinajstić information content (AvgIpc) is 2.87. The van der Waals surface area contributed by atoms with E-state index in [-0.39, 0.29) is 12.4 Å². The van der Waals surface area contributed by atoms with E-state index >= 15 is 0 Å². The van der Waals surface area contributed by atoms with E-state index in [0.717, 1.165) is 18.4 Å². The van der Waals surface area contributed by atoms with E-state index in [1.807, 2.05) is 0 Å². The normalized spacial score (nSPS) is 26.4. The molecule has 3 heteroatoms. The number of likely N-dealkylation sites (tertiary alicyclic amines) is 1. The molecule has 2 aliphatic rings. The van der Waals surface area contributed by atoms with Crippen molar-refractivity contribution in [1.29, 1.82) is 0 Å². The van der Waals surface area contributed by atoms with Crippen LogP contribution in [0.2, 0.25) is 0 Å². The van der Waals surface area contributed by atoms with Gasteiger partial charge in [0.05, 0.1) is 0 Å². The van der Waals surface area contributed by atoms with E-state index in [0.29, 0.717) is 5.92 Å². The maximum atomic E-state index is 3.54. The van der Waals surface area contributed by atoms with Crippen LogP contribution < -0.4 is 5.32 Å². The molecule has 2 aliphatic heterocycles. The van der Waals surface area contributed by atoms with Crippen LogP contribution >= 0.6 is 12.4 Å². The van der Waals surface area contributed by atoms with Crippen LogP contribution in [0, 0.1) is 11.8 Å². The molecule has 20 heavy (non-hydrogen) atoms. The van der Waals surface area contributed by atoms with Gasteiger partial charge in [-0.1, -0.05) is 38.1 Å². The van der Waals surface area contributed by atoms with Crippen LogP contribution in [0.3, 0.4) is 0 Å². The van der Waals surface area contributed by atoms with E-state index in [4.69, 9.17) is 0 Å². The van der Waals surface area contributed by atoms with Crippen molar-refractivity contribution >= 4 is 12.4 Å². The lowest BCUT2D eigenvalue weighted by Crippen LogP contribution is -2.39. The Morgan fingerprint density at radius 1 is 1.15 bits per heavy atom. The standard InChI is InChI=1S/C17H26N2.ClH/c1-13(2)15-5-3-14(4-6-15)11-19-8-7-16-9-18-10-17(16)12-19;/h3-6,13,16-18H,7-12H2,1-2H3;1H. The van der Waals surface area contributed by atoms with E-state index in [1.165, 1.54) is 43.7 Å². The summed E-state index contributed by atoms with van der Waals surface area (Å²) in [6.45, 7) is 10.7. The molecule has 0 bridgehead atoms. The van der Waals surface area contributed by atoms with Crippen molar-refractivity contribution in [3.05, 3.63) is 35.4 Å². The summed E-state index contributed by atoms with van der Waals surface area (Å²) in [4.78, 5) is 2.64. The lowest BCUT2D eigenvalue weighted by atomic mass is 9.88. The summed E-state index contributed by atoms with van der Waals surface area (Å²) in [5.74, 6) is 2.47. The molecule has 2 nitrogen and oxygen atoms in total. The van der Waals surface area contributed by atoms with E-state index in [9.17, 15) is 0 Å². The highest BCUT2D eigenvalue weighted by Gasteiger charge is 2.32. The van der Waals surface area contributed by atoms with Crippen molar-refractivity contribution in [2.45, 2.75) is 32.7 Å². The van der Waals surface area contributed by atoms with E-state index in [2.05, 4.69) is 48.3 Å². The molecule has 0 spiro atoms. The van der Waals surface area contributed by atoms with Gasteiger partial charge in [0.2, 0.25) is 0 Å². The van der Waals surface area contributed by atoms with E-state index < -0.39 is 0 Å². The first-order valence-electron chi connectivity index (χ1n) is 7.74. The van der Waals surface area contributed by atoms with Crippen molar-refractivity contribution in [3.63, 3.8) is 0 Å². The molecule has 2 saturated heterocycles. The third kappa shape index (κ3) is 3.55. The number of fused-ring (bicyclic) bond motifs is 1. The predicted molar refractivity (Wildman–Crippen MR) is 87.5 cm³/mol. The molecule has 1 N–H and O–H groups in total. The largest absolute Gasteiger partial charge is 0.316 e. The van der Waals surface area contributed by atoms with Gasteiger partial charge in [-0.3, -0.25) is 4.90 Å². The van der Waals surface area contributed by atoms with Gasteiger partial charge in [0.15, 0.2) is 0 Å². The van der Waals surface area contributed by atoms with Gasteiger partial charge in [-0.25, -0.2) is 0 Å². The zero-order valence-corrected chi connectivity index (χ0v) is 13.5. The summed E-state index contributed by atoms with van der Waals surface area (Å²) in [5, 5.41) is 3.54. The summed E-state index contributed by atoms with van der Waals surface area (Å²) >= 11 is 0. The summed E-state index contributed by atoms with van der Waals surface area (Å²) in [5.41, 5.74) is 2.91. The van der Waals surface area contributed by atoms with Crippen molar-refractivity contribution in [1.82, 2.24) is 10.2 Å².